The van der Waals surface area contributed by atoms with Gasteiger partial charge in [-0.3, -0.25) is 9.10 Å². The molecule has 7 heteroatoms. The highest BCUT2D eigenvalue weighted by atomic mass is 32.2. The molecule has 1 saturated carbocycles. The Labute approximate surface area is 116 Å². The maximum atomic E-state index is 13.3. The third-order valence-electron chi connectivity index (χ3n) is 3.76. The summed E-state index contributed by atoms with van der Waals surface area (Å²) in [4.78, 5) is 11.2. The van der Waals surface area contributed by atoms with E-state index < -0.39 is 33.0 Å². The SMILES string of the molecule is O=C(O)C1Cc2cc(F)ccc2N(S(=O)(=O)C2CC2)C1. The zero-order valence-corrected chi connectivity index (χ0v) is 11.4. The molecular weight excluding hydrogens is 285 g/mol. The summed E-state index contributed by atoms with van der Waals surface area (Å²) in [6, 6.07) is 3.85. The average Bonchev–Trinajstić information content (AvgIpc) is 3.21. The van der Waals surface area contributed by atoms with Crippen molar-refractivity contribution in [2.45, 2.75) is 24.5 Å². The number of anilines is 1. The number of fused-ring (bicyclic) bond motifs is 1. The molecular formula is C13H14FNO4S. The van der Waals surface area contributed by atoms with Gasteiger partial charge in [-0.2, -0.15) is 0 Å². The predicted octanol–water partition coefficient (Wildman–Crippen LogP) is 1.38. The normalized spacial score (nSPS) is 22.4. The zero-order chi connectivity index (χ0) is 14.5. The van der Waals surface area contributed by atoms with Crippen molar-refractivity contribution in [2.24, 2.45) is 5.92 Å². The van der Waals surface area contributed by atoms with Crippen molar-refractivity contribution in [2.75, 3.05) is 10.8 Å². The number of hydrogen-bond donors (Lipinski definition) is 1. The molecule has 1 unspecified atom stereocenters. The lowest BCUT2D eigenvalue weighted by Crippen LogP contribution is -2.44. The van der Waals surface area contributed by atoms with E-state index in [0.29, 0.717) is 24.1 Å². The highest BCUT2D eigenvalue weighted by Gasteiger charge is 2.44. The van der Waals surface area contributed by atoms with Crippen LogP contribution in [0.25, 0.3) is 0 Å². The number of benzene rings is 1. The summed E-state index contributed by atoms with van der Waals surface area (Å²) >= 11 is 0. The van der Waals surface area contributed by atoms with E-state index in [4.69, 9.17) is 5.11 Å². The second-order valence-electron chi connectivity index (χ2n) is 5.29. The topological polar surface area (TPSA) is 74.7 Å². The van der Waals surface area contributed by atoms with E-state index in [1.54, 1.807) is 0 Å². The van der Waals surface area contributed by atoms with Crippen molar-refractivity contribution in [3.8, 4) is 0 Å². The first-order valence-electron chi connectivity index (χ1n) is 6.42. The lowest BCUT2D eigenvalue weighted by atomic mass is 9.94. The number of halogens is 1. The highest BCUT2D eigenvalue weighted by Crippen LogP contribution is 2.38. The molecule has 1 fully saturated rings. The van der Waals surface area contributed by atoms with Gasteiger partial charge >= 0.3 is 5.97 Å². The molecule has 0 aromatic heterocycles. The summed E-state index contributed by atoms with van der Waals surface area (Å²) in [7, 11) is -3.53. The summed E-state index contributed by atoms with van der Waals surface area (Å²) < 4.78 is 39.3. The number of carboxylic acid groups (broad SMARTS) is 1. The van der Waals surface area contributed by atoms with Crippen LogP contribution >= 0.6 is 0 Å². The van der Waals surface area contributed by atoms with E-state index in [1.165, 1.54) is 18.2 Å². The molecule has 1 atom stereocenters. The molecule has 1 aromatic carbocycles. The number of nitrogens with zero attached hydrogens (tertiary/aromatic N) is 1. The molecule has 1 heterocycles. The van der Waals surface area contributed by atoms with Crippen molar-refractivity contribution in [1.82, 2.24) is 0 Å². The molecule has 0 amide bonds. The average molecular weight is 299 g/mol. The van der Waals surface area contributed by atoms with Crippen molar-refractivity contribution >= 4 is 21.7 Å². The fourth-order valence-corrected chi connectivity index (χ4v) is 4.47. The number of carboxylic acids is 1. The van der Waals surface area contributed by atoms with E-state index >= 15 is 0 Å². The molecule has 2 aliphatic rings. The molecule has 3 rings (SSSR count). The molecule has 20 heavy (non-hydrogen) atoms. The third-order valence-corrected chi connectivity index (χ3v) is 6.04. The van der Waals surface area contributed by atoms with E-state index in [-0.39, 0.29) is 13.0 Å². The molecule has 0 saturated heterocycles. The van der Waals surface area contributed by atoms with Crippen LogP contribution in [0.1, 0.15) is 18.4 Å². The Balaban J connectivity index is 2.07. The minimum absolute atomic E-state index is 0.0766. The summed E-state index contributed by atoms with van der Waals surface area (Å²) in [5, 5.41) is 8.73. The van der Waals surface area contributed by atoms with Gasteiger partial charge < -0.3 is 5.11 Å². The van der Waals surface area contributed by atoms with Gasteiger partial charge in [0.15, 0.2) is 0 Å². The van der Waals surface area contributed by atoms with Gasteiger partial charge in [-0.1, -0.05) is 0 Å². The Bertz CT molecular complexity index is 669. The molecule has 0 spiro atoms. The number of rotatable bonds is 3. The Morgan fingerprint density at radius 2 is 2.05 bits per heavy atom. The Hall–Kier alpha value is -1.63. The quantitative estimate of drug-likeness (QED) is 0.915. The summed E-state index contributed by atoms with van der Waals surface area (Å²) in [6.07, 6.45) is 1.36. The Morgan fingerprint density at radius 3 is 2.65 bits per heavy atom. The van der Waals surface area contributed by atoms with Crippen LogP contribution < -0.4 is 4.31 Å². The first-order chi connectivity index (χ1) is 9.39. The van der Waals surface area contributed by atoms with Gasteiger partial charge in [0.1, 0.15) is 5.82 Å². The number of carbonyl (C=O) groups is 1. The first-order valence-corrected chi connectivity index (χ1v) is 7.92. The van der Waals surface area contributed by atoms with Gasteiger partial charge in [0.05, 0.1) is 16.9 Å². The molecule has 1 N–H and O–H groups in total. The monoisotopic (exact) mass is 299 g/mol. The van der Waals surface area contributed by atoms with Crippen molar-refractivity contribution in [3.05, 3.63) is 29.6 Å². The van der Waals surface area contributed by atoms with Crippen LogP contribution in [0.4, 0.5) is 10.1 Å². The van der Waals surface area contributed by atoms with Crippen LogP contribution in [0, 0.1) is 11.7 Å². The number of aliphatic carboxylic acids is 1. The van der Waals surface area contributed by atoms with Crippen molar-refractivity contribution < 1.29 is 22.7 Å². The minimum atomic E-state index is -3.53. The minimum Gasteiger partial charge on any atom is -0.481 e. The van der Waals surface area contributed by atoms with Crippen LogP contribution in [-0.4, -0.2) is 31.3 Å². The standard InChI is InChI=1S/C13H14FNO4S/c14-10-1-4-12-8(6-10)5-9(13(16)17)7-15(12)20(18,19)11-2-3-11/h1,4,6,9,11H,2-3,5,7H2,(H,16,17). The molecule has 1 aromatic rings. The van der Waals surface area contributed by atoms with Crippen LogP contribution in [0.15, 0.2) is 18.2 Å². The molecule has 0 radical (unpaired) electrons. The second kappa shape index (κ2) is 4.44. The smallest absolute Gasteiger partial charge is 0.308 e. The Kier molecular flexibility index (Phi) is 2.97. The van der Waals surface area contributed by atoms with E-state index in [2.05, 4.69) is 0 Å². The van der Waals surface area contributed by atoms with Crippen LogP contribution in [0.2, 0.25) is 0 Å². The lowest BCUT2D eigenvalue weighted by Gasteiger charge is -2.33. The van der Waals surface area contributed by atoms with Gasteiger partial charge in [-0.15, -0.1) is 0 Å². The van der Waals surface area contributed by atoms with E-state index in [9.17, 15) is 17.6 Å². The molecule has 5 nitrogen and oxygen atoms in total. The second-order valence-corrected chi connectivity index (χ2v) is 7.43. The summed E-state index contributed by atoms with van der Waals surface area (Å²) in [5.41, 5.74) is 0.851. The van der Waals surface area contributed by atoms with Gasteiger partial charge in [0.25, 0.3) is 0 Å². The summed E-state index contributed by atoms with van der Waals surface area (Å²) in [5.74, 6) is -2.38. The van der Waals surface area contributed by atoms with Gasteiger partial charge in [0.2, 0.25) is 10.0 Å². The van der Waals surface area contributed by atoms with Gasteiger partial charge in [-0.25, -0.2) is 12.8 Å². The van der Waals surface area contributed by atoms with Crippen molar-refractivity contribution in [1.29, 1.82) is 0 Å². The number of hydrogen-bond acceptors (Lipinski definition) is 3. The zero-order valence-electron chi connectivity index (χ0n) is 10.6. The van der Waals surface area contributed by atoms with Gasteiger partial charge in [-0.05, 0) is 43.0 Å². The maximum Gasteiger partial charge on any atom is 0.308 e. The van der Waals surface area contributed by atoms with Crippen LogP contribution in [0.5, 0.6) is 0 Å². The molecule has 1 aliphatic heterocycles. The Morgan fingerprint density at radius 1 is 1.35 bits per heavy atom. The molecule has 0 bridgehead atoms. The predicted molar refractivity (Wildman–Crippen MR) is 70.5 cm³/mol. The van der Waals surface area contributed by atoms with Gasteiger partial charge in [0, 0.05) is 6.54 Å². The first kappa shape index (κ1) is 13.4. The maximum absolute atomic E-state index is 13.3. The van der Waals surface area contributed by atoms with Crippen LogP contribution in [-0.2, 0) is 21.2 Å². The number of sulfonamides is 1. The largest absolute Gasteiger partial charge is 0.481 e. The highest BCUT2D eigenvalue weighted by molar-refractivity contribution is 7.93. The summed E-state index contributed by atoms with van der Waals surface area (Å²) in [6.45, 7) is -0.0766. The fraction of sp³-hybridized carbons (Fsp3) is 0.462. The molecule has 108 valence electrons. The van der Waals surface area contributed by atoms with Crippen LogP contribution in [0.3, 0.4) is 0 Å². The lowest BCUT2D eigenvalue weighted by molar-refractivity contribution is -0.141. The third kappa shape index (κ3) is 2.15. The fourth-order valence-electron chi connectivity index (χ4n) is 2.54. The van der Waals surface area contributed by atoms with E-state index in [1.807, 2.05) is 0 Å². The van der Waals surface area contributed by atoms with Crippen molar-refractivity contribution in [3.63, 3.8) is 0 Å². The van der Waals surface area contributed by atoms with E-state index in [0.717, 1.165) is 4.31 Å². The molecule has 1 aliphatic carbocycles.